The molecule has 0 aliphatic carbocycles. The second-order valence-electron chi connectivity index (χ2n) is 3.48. The predicted molar refractivity (Wildman–Crippen MR) is 60.3 cm³/mol. The first kappa shape index (κ1) is 10.6. The van der Waals surface area contributed by atoms with Crippen molar-refractivity contribution in [3.05, 3.63) is 34.9 Å². The van der Waals surface area contributed by atoms with E-state index in [1.807, 2.05) is 0 Å². The van der Waals surface area contributed by atoms with Crippen molar-refractivity contribution in [2.24, 2.45) is 16.5 Å². The van der Waals surface area contributed by atoms with Crippen molar-refractivity contribution >= 4 is 5.96 Å². The number of hydrogen-bond acceptors (Lipinski definition) is 1. The molecule has 0 bridgehead atoms. The van der Waals surface area contributed by atoms with Crippen LogP contribution in [0, 0.1) is 13.8 Å². The first-order valence-corrected chi connectivity index (χ1v) is 4.71. The second-order valence-corrected chi connectivity index (χ2v) is 3.48. The van der Waals surface area contributed by atoms with Gasteiger partial charge < -0.3 is 11.5 Å². The number of guanidine groups is 1. The molecule has 0 aliphatic heterocycles. The summed E-state index contributed by atoms with van der Waals surface area (Å²) in [5.74, 6) is 0.161. The lowest BCUT2D eigenvalue weighted by Gasteiger charge is -2.03. The van der Waals surface area contributed by atoms with Gasteiger partial charge in [0.2, 0.25) is 0 Å². The van der Waals surface area contributed by atoms with E-state index >= 15 is 0 Å². The summed E-state index contributed by atoms with van der Waals surface area (Å²) in [5, 5.41) is 0. The minimum Gasteiger partial charge on any atom is -0.370 e. The van der Waals surface area contributed by atoms with E-state index in [1.54, 1.807) is 0 Å². The predicted octanol–water partition coefficient (Wildman–Crippen LogP) is 1.12. The van der Waals surface area contributed by atoms with Crippen molar-refractivity contribution in [1.82, 2.24) is 0 Å². The largest absolute Gasteiger partial charge is 0.370 e. The molecular weight excluding hydrogens is 174 g/mol. The van der Waals surface area contributed by atoms with Gasteiger partial charge in [-0.05, 0) is 37.0 Å². The number of nitrogens with two attached hydrogens (primary N) is 2. The van der Waals surface area contributed by atoms with Crippen LogP contribution in [0.15, 0.2) is 23.2 Å². The fourth-order valence-corrected chi connectivity index (χ4v) is 1.27. The van der Waals surface area contributed by atoms with Crippen LogP contribution in [-0.2, 0) is 6.42 Å². The van der Waals surface area contributed by atoms with Crippen molar-refractivity contribution in [1.29, 1.82) is 0 Å². The Morgan fingerprint density at radius 2 is 1.93 bits per heavy atom. The summed E-state index contributed by atoms with van der Waals surface area (Å²) in [6, 6.07) is 6.42. The average Bonchev–Trinajstić information content (AvgIpc) is 2.10. The van der Waals surface area contributed by atoms with Gasteiger partial charge in [-0.2, -0.15) is 0 Å². The standard InChI is InChI=1S/C11H17N3/c1-8-3-4-10(7-9(8)2)5-6-14-11(12)13/h3-4,7H,5-6H2,1-2H3,(H4,12,13,14). The number of nitrogens with zero attached hydrogens (tertiary/aromatic N) is 1. The molecule has 0 heterocycles. The van der Waals surface area contributed by atoms with Crippen LogP contribution in [0.3, 0.4) is 0 Å². The molecule has 1 aromatic carbocycles. The van der Waals surface area contributed by atoms with E-state index in [0.717, 1.165) is 6.42 Å². The molecule has 0 fully saturated rings. The van der Waals surface area contributed by atoms with Gasteiger partial charge in [-0.25, -0.2) is 0 Å². The fraction of sp³-hybridized carbons (Fsp3) is 0.364. The molecule has 76 valence electrons. The number of benzene rings is 1. The van der Waals surface area contributed by atoms with Gasteiger partial charge in [-0.1, -0.05) is 18.2 Å². The number of hydrogen-bond donors (Lipinski definition) is 2. The molecule has 1 aromatic rings. The van der Waals surface area contributed by atoms with Crippen molar-refractivity contribution in [2.45, 2.75) is 20.3 Å². The van der Waals surface area contributed by atoms with Gasteiger partial charge in [0.05, 0.1) is 0 Å². The van der Waals surface area contributed by atoms with Crippen molar-refractivity contribution in [3.63, 3.8) is 0 Å². The topological polar surface area (TPSA) is 64.4 Å². The molecule has 0 aromatic heterocycles. The first-order valence-electron chi connectivity index (χ1n) is 4.71. The molecule has 0 radical (unpaired) electrons. The first-order chi connectivity index (χ1) is 6.59. The maximum atomic E-state index is 5.24. The Balaban J connectivity index is 2.60. The molecule has 0 aliphatic rings. The van der Waals surface area contributed by atoms with Gasteiger partial charge >= 0.3 is 0 Å². The van der Waals surface area contributed by atoms with Crippen LogP contribution in [0.5, 0.6) is 0 Å². The summed E-state index contributed by atoms with van der Waals surface area (Å²) < 4.78 is 0. The third-order valence-corrected chi connectivity index (χ3v) is 2.27. The zero-order valence-corrected chi connectivity index (χ0v) is 8.75. The normalized spacial score (nSPS) is 9.86. The highest BCUT2D eigenvalue weighted by atomic mass is 15.0. The van der Waals surface area contributed by atoms with Gasteiger partial charge in [-0.15, -0.1) is 0 Å². The summed E-state index contributed by atoms with van der Waals surface area (Å²) in [7, 11) is 0. The molecule has 0 spiro atoms. The van der Waals surface area contributed by atoms with Crippen LogP contribution < -0.4 is 11.5 Å². The molecule has 4 N–H and O–H groups in total. The number of rotatable bonds is 3. The lowest BCUT2D eigenvalue weighted by Crippen LogP contribution is -2.23. The highest BCUT2D eigenvalue weighted by molar-refractivity contribution is 5.75. The maximum absolute atomic E-state index is 5.24. The maximum Gasteiger partial charge on any atom is 0.185 e. The van der Waals surface area contributed by atoms with Gasteiger partial charge in [0, 0.05) is 6.54 Å². The Labute approximate surface area is 84.8 Å². The summed E-state index contributed by atoms with van der Waals surface area (Å²) in [5.41, 5.74) is 14.4. The summed E-state index contributed by atoms with van der Waals surface area (Å²) in [6.07, 6.45) is 0.888. The molecule has 3 heteroatoms. The van der Waals surface area contributed by atoms with E-state index in [1.165, 1.54) is 16.7 Å². The minimum atomic E-state index is 0.161. The van der Waals surface area contributed by atoms with Gasteiger partial charge in [0.1, 0.15) is 0 Å². The monoisotopic (exact) mass is 191 g/mol. The van der Waals surface area contributed by atoms with Crippen LogP contribution >= 0.6 is 0 Å². The van der Waals surface area contributed by atoms with Crippen molar-refractivity contribution < 1.29 is 0 Å². The van der Waals surface area contributed by atoms with Crippen LogP contribution in [0.4, 0.5) is 0 Å². The molecule has 1 rings (SSSR count). The smallest absolute Gasteiger partial charge is 0.185 e. The lowest BCUT2D eigenvalue weighted by atomic mass is 10.0. The molecule has 0 saturated heterocycles. The SMILES string of the molecule is Cc1ccc(CCN=C(N)N)cc1C. The van der Waals surface area contributed by atoms with E-state index < -0.39 is 0 Å². The Hall–Kier alpha value is -1.51. The number of aryl methyl sites for hydroxylation is 2. The lowest BCUT2D eigenvalue weighted by molar-refractivity contribution is 0.959. The molecule has 0 amide bonds. The highest BCUT2D eigenvalue weighted by Gasteiger charge is 1.95. The Morgan fingerprint density at radius 3 is 2.50 bits per heavy atom. The molecule has 14 heavy (non-hydrogen) atoms. The molecular formula is C11H17N3. The van der Waals surface area contributed by atoms with E-state index in [4.69, 9.17) is 11.5 Å². The molecule has 0 saturated carbocycles. The van der Waals surface area contributed by atoms with E-state index in [-0.39, 0.29) is 5.96 Å². The van der Waals surface area contributed by atoms with Crippen LogP contribution in [-0.4, -0.2) is 12.5 Å². The zero-order chi connectivity index (χ0) is 10.6. The summed E-state index contributed by atoms with van der Waals surface area (Å²) in [6.45, 7) is 4.87. The van der Waals surface area contributed by atoms with E-state index in [9.17, 15) is 0 Å². The third-order valence-electron chi connectivity index (χ3n) is 2.27. The minimum absolute atomic E-state index is 0.161. The second kappa shape index (κ2) is 4.65. The quantitative estimate of drug-likeness (QED) is 0.555. The van der Waals surface area contributed by atoms with E-state index in [0.29, 0.717) is 6.54 Å². The van der Waals surface area contributed by atoms with Crippen LogP contribution in [0.1, 0.15) is 16.7 Å². The third kappa shape index (κ3) is 3.09. The molecule has 0 unspecified atom stereocenters. The Kier molecular flexibility index (Phi) is 3.51. The van der Waals surface area contributed by atoms with E-state index in [2.05, 4.69) is 37.0 Å². The Morgan fingerprint density at radius 1 is 1.21 bits per heavy atom. The van der Waals surface area contributed by atoms with Gasteiger partial charge in [0.15, 0.2) is 5.96 Å². The number of aliphatic imine (C=N–C) groups is 1. The van der Waals surface area contributed by atoms with Crippen LogP contribution in [0.25, 0.3) is 0 Å². The average molecular weight is 191 g/mol. The Bertz CT molecular complexity index is 338. The summed E-state index contributed by atoms with van der Waals surface area (Å²) >= 11 is 0. The van der Waals surface area contributed by atoms with Crippen molar-refractivity contribution in [3.8, 4) is 0 Å². The molecule has 0 atom stereocenters. The van der Waals surface area contributed by atoms with Crippen LogP contribution in [0.2, 0.25) is 0 Å². The van der Waals surface area contributed by atoms with Gasteiger partial charge in [-0.3, -0.25) is 4.99 Å². The highest BCUT2D eigenvalue weighted by Crippen LogP contribution is 2.10. The fourth-order valence-electron chi connectivity index (χ4n) is 1.27. The molecule has 3 nitrogen and oxygen atoms in total. The zero-order valence-electron chi connectivity index (χ0n) is 8.75. The van der Waals surface area contributed by atoms with Gasteiger partial charge in [0.25, 0.3) is 0 Å². The summed E-state index contributed by atoms with van der Waals surface area (Å²) in [4.78, 5) is 3.94. The van der Waals surface area contributed by atoms with Crippen molar-refractivity contribution in [2.75, 3.05) is 6.54 Å².